The molecule has 20 heavy (non-hydrogen) atoms. The Kier molecular flexibility index (Phi) is 2.99. The number of ketones is 1. The van der Waals surface area contributed by atoms with Crippen molar-refractivity contribution in [3.05, 3.63) is 42.5 Å². The van der Waals surface area contributed by atoms with Gasteiger partial charge in [-0.15, -0.1) is 0 Å². The zero-order valence-electron chi connectivity index (χ0n) is 11.1. The summed E-state index contributed by atoms with van der Waals surface area (Å²) in [6.07, 6.45) is -0.0913. The Morgan fingerprint density at radius 1 is 1.05 bits per heavy atom. The van der Waals surface area contributed by atoms with Crippen LogP contribution in [0.2, 0.25) is 0 Å². The Balaban J connectivity index is 1.99. The van der Waals surface area contributed by atoms with Crippen molar-refractivity contribution in [2.24, 2.45) is 0 Å². The van der Waals surface area contributed by atoms with Crippen molar-refractivity contribution in [3.8, 4) is 0 Å². The number of fused-ring (bicyclic) bond motifs is 3. The first kappa shape index (κ1) is 12.4. The van der Waals surface area contributed by atoms with Gasteiger partial charge in [-0.05, 0) is 31.2 Å². The molecule has 0 aliphatic rings. The second-order valence-corrected chi connectivity index (χ2v) is 4.86. The Morgan fingerprint density at radius 3 is 2.60 bits per heavy atom. The number of anilines is 1. The van der Waals surface area contributed by atoms with Gasteiger partial charge in [-0.25, -0.2) is 0 Å². The van der Waals surface area contributed by atoms with Crippen molar-refractivity contribution in [1.82, 2.24) is 4.98 Å². The maximum absolute atomic E-state index is 11.6. The van der Waals surface area contributed by atoms with Crippen LogP contribution in [0.5, 0.6) is 0 Å². The third kappa shape index (κ3) is 2.28. The Bertz CT molecular complexity index is 818. The number of amides is 1. The lowest BCUT2D eigenvalue weighted by molar-refractivity contribution is -0.124. The van der Waals surface area contributed by atoms with Gasteiger partial charge in [0.2, 0.25) is 5.91 Å². The van der Waals surface area contributed by atoms with Gasteiger partial charge >= 0.3 is 0 Å². The highest BCUT2D eigenvalue weighted by molar-refractivity contribution is 6.10. The van der Waals surface area contributed by atoms with Crippen molar-refractivity contribution in [1.29, 1.82) is 0 Å². The number of hydrogen-bond donors (Lipinski definition) is 2. The summed E-state index contributed by atoms with van der Waals surface area (Å²) in [7, 11) is 0. The van der Waals surface area contributed by atoms with Crippen molar-refractivity contribution in [2.75, 3.05) is 5.32 Å². The number of carbonyl (C=O) groups excluding carboxylic acids is 2. The molecular weight excluding hydrogens is 252 g/mol. The molecule has 100 valence electrons. The first-order valence-electron chi connectivity index (χ1n) is 6.43. The Labute approximate surface area is 115 Å². The standard InChI is InChI=1S/C16H14N2O2/c1-10(19)8-16(20)17-11-6-7-15-13(9-11)12-4-2-3-5-14(12)18-15/h2-7,9,18H,8H2,1H3,(H,17,20). The molecule has 0 atom stereocenters. The second kappa shape index (κ2) is 4.81. The summed E-state index contributed by atoms with van der Waals surface area (Å²) in [6, 6.07) is 13.7. The monoisotopic (exact) mass is 266 g/mol. The molecule has 0 unspecified atom stereocenters. The van der Waals surface area contributed by atoms with E-state index in [4.69, 9.17) is 0 Å². The number of rotatable bonds is 3. The van der Waals surface area contributed by atoms with Crippen LogP contribution in [0.3, 0.4) is 0 Å². The molecule has 0 aliphatic carbocycles. The highest BCUT2D eigenvalue weighted by atomic mass is 16.2. The predicted octanol–water partition coefficient (Wildman–Crippen LogP) is 3.24. The zero-order valence-corrected chi connectivity index (χ0v) is 11.1. The summed E-state index contributed by atoms with van der Waals surface area (Å²) in [5.74, 6) is -0.424. The fourth-order valence-corrected chi connectivity index (χ4v) is 2.36. The van der Waals surface area contributed by atoms with E-state index in [0.717, 1.165) is 21.8 Å². The van der Waals surface area contributed by atoms with Crippen molar-refractivity contribution >= 4 is 39.2 Å². The number of nitrogens with one attached hydrogen (secondary N) is 2. The number of aromatic amines is 1. The van der Waals surface area contributed by atoms with E-state index in [2.05, 4.69) is 10.3 Å². The fourth-order valence-electron chi connectivity index (χ4n) is 2.36. The SMILES string of the molecule is CC(=O)CC(=O)Nc1ccc2[nH]c3ccccc3c2c1. The van der Waals surface area contributed by atoms with E-state index in [-0.39, 0.29) is 18.1 Å². The minimum atomic E-state index is -0.281. The molecule has 3 rings (SSSR count). The second-order valence-electron chi connectivity index (χ2n) is 4.86. The third-order valence-corrected chi connectivity index (χ3v) is 3.20. The van der Waals surface area contributed by atoms with Crippen LogP contribution in [0.1, 0.15) is 13.3 Å². The van der Waals surface area contributed by atoms with Gasteiger partial charge in [0.1, 0.15) is 5.78 Å². The molecule has 0 spiro atoms. The van der Waals surface area contributed by atoms with Gasteiger partial charge in [0, 0.05) is 27.5 Å². The van der Waals surface area contributed by atoms with Gasteiger partial charge in [0.25, 0.3) is 0 Å². The number of aromatic nitrogens is 1. The van der Waals surface area contributed by atoms with Crippen LogP contribution in [0.25, 0.3) is 21.8 Å². The molecule has 0 fully saturated rings. The summed E-state index contributed by atoms with van der Waals surface area (Å²) in [6.45, 7) is 1.41. The Morgan fingerprint density at radius 2 is 1.80 bits per heavy atom. The van der Waals surface area contributed by atoms with Crippen LogP contribution in [-0.2, 0) is 9.59 Å². The van der Waals surface area contributed by atoms with Gasteiger partial charge in [0.15, 0.2) is 0 Å². The molecule has 1 amide bonds. The molecule has 1 heterocycles. The predicted molar refractivity (Wildman–Crippen MR) is 79.7 cm³/mol. The van der Waals surface area contributed by atoms with Crippen molar-refractivity contribution < 1.29 is 9.59 Å². The Hall–Kier alpha value is -2.62. The van der Waals surface area contributed by atoms with Gasteiger partial charge < -0.3 is 10.3 Å². The summed E-state index contributed by atoms with van der Waals surface area (Å²) in [5.41, 5.74) is 2.79. The first-order valence-corrected chi connectivity index (χ1v) is 6.43. The third-order valence-electron chi connectivity index (χ3n) is 3.20. The molecule has 2 N–H and O–H groups in total. The van der Waals surface area contributed by atoms with Crippen LogP contribution in [0.4, 0.5) is 5.69 Å². The van der Waals surface area contributed by atoms with E-state index in [9.17, 15) is 9.59 Å². The molecule has 3 aromatic rings. The van der Waals surface area contributed by atoms with Crippen LogP contribution in [0.15, 0.2) is 42.5 Å². The minimum absolute atomic E-state index is 0.0913. The number of para-hydroxylation sites is 1. The van der Waals surface area contributed by atoms with Gasteiger partial charge in [-0.3, -0.25) is 9.59 Å². The highest BCUT2D eigenvalue weighted by Crippen LogP contribution is 2.27. The lowest BCUT2D eigenvalue weighted by Gasteiger charge is -2.04. The maximum atomic E-state index is 11.6. The molecule has 1 aromatic heterocycles. The summed E-state index contributed by atoms with van der Waals surface area (Å²) in [5, 5.41) is 4.92. The molecular formula is C16H14N2O2. The van der Waals surface area contributed by atoms with E-state index < -0.39 is 0 Å². The first-order chi connectivity index (χ1) is 9.63. The summed E-state index contributed by atoms with van der Waals surface area (Å²) >= 11 is 0. The smallest absolute Gasteiger partial charge is 0.231 e. The lowest BCUT2D eigenvalue weighted by Crippen LogP contribution is -2.14. The number of benzene rings is 2. The average Bonchev–Trinajstić information content (AvgIpc) is 2.76. The summed E-state index contributed by atoms with van der Waals surface area (Å²) in [4.78, 5) is 25.9. The molecule has 2 aromatic carbocycles. The topological polar surface area (TPSA) is 62.0 Å². The molecule has 0 radical (unpaired) electrons. The van der Waals surface area contributed by atoms with E-state index >= 15 is 0 Å². The van der Waals surface area contributed by atoms with E-state index in [1.807, 2.05) is 42.5 Å². The van der Waals surface area contributed by atoms with Gasteiger partial charge in [-0.1, -0.05) is 18.2 Å². The maximum Gasteiger partial charge on any atom is 0.231 e. The fraction of sp³-hybridized carbons (Fsp3) is 0.125. The van der Waals surface area contributed by atoms with Gasteiger partial charge in [-0.2, -0.15) is 0 Å². The molecule has 0 bridgehead atoms. The average molecular weight is 266 g/mol. The molecule has 4 nitrogen and oxygen atoms in total. The van der Waals surface area contributed by atoms with Crippen molar-refractivity contribution in [2.45, 2.75) is 13.3 Å². The van der Waals surface area contributed by atoms with Crippen LogP contribution < -0.4 is 5.32 Å². The van der Waals surface area contributed by atoms with Crippen LogP contribution >= 0.6 is 0 Å². The molecule has 4 heteroatoms. The highest BCUT2D eigenvalue weighted by Gasteiger charge is 2.08. The normalized spacial score (nSPS) is 10.8. The number of hydrogen-bond acceptors (Lipinski definition) is 2. The minimum Gasteiger partial charge on any atom is -0.355 e. The number of carbonyl (C=O) groups is 2. The van der Waals surface area contributed by atoms with E-state index in [1.165, 1.54) is 6.92 Å². The quantitative estimate of drug-likeness (QED) is 0.715. The molecule has 0 saturated carbocycles. The largest absolute Gasteiger partial charge is 0.355 e. The number of Topliss-reactive ketones (excluding diaryl/α,β-unsaturated/α-hetero) is 1. The van der Waals surface area contributed by atoms with Crippen LogP contribution in [0, 0.1) is 0 Å². The van der Waals surface area contributed by atoms with E-state index in [0.29, 0.717) is 5.69 Å². The number of H-pyrrole nitrogens is 1. The van der Waals surface area contributed by atoms with Gasteiger partial charge in [0.05, 0.1) is 6.42 Å². The lowest BCUT2D eigenvalue weighted by atomic mass is 10.1. The summed E-state index contributed by atoms with van der Waals surface area (Å²) < 4.78 is 0. The van der Waals surface area contributed by atoms with Crippen LogP contribution in [-0.4, -0.2) is 16.7 Å². The van der Waals surface area contributed by atoms with E-state index in [1.54, 1.807) is 0 Å². The molecule has 0 saturated heterocycles. The molecule has 0 aliphatic heterocycles. The van der Waals surface area contributed by atoms with Crippen molar-refractivity contribution in [3.63, 3.8) is 0 Å². The zero-order chi connectivity index (χ0) is 14.1.